The first-order valence-corrected chi connectivity index (χ1v) is 7.13. The molecule has 0 aromatic carbocycles. The summed E-state index contributed by atoms with van der Waals surface area (Å²) >= 11 is 0. The first kappa shape index (κ1) is 13.9. The maximum Gasteiger partial charge on any atom is 0.268 e. The molecule has 0 amide bonds. The highest BCUT2D eigenvalue weighted by atomic mass is 16.5. The molecule has 1 aliphatic rings. The fraction of sp³-hybridized carbons (Fsp3) is 0.333. The third kappa shape index (κ3) is 2.36. The van der Waals surface area contributed by atoms with E-state index in [1.807, 2.05) is 19.9 Å². The standard InChI is InChI=1S/C15H14N4O4/c1-15(2)10(20)6-8-5-9(7-17-12(8)22-15)13-18-11(19-23-13)14-16-3-4-21-14/h3-5,7,10,20H,6H2,1-2H3/t10-/m0/s1. The van der Waals surface area contributed by atoms with Crippen LogP contribution in [0.2, 0.25) is 0 Å². The van der Waals surface area contributed by atoms with E-state index >= 15 is 0 Å². The molecule has 0 bridgehead atoms. The number of oxazole rings is 1. The van der Waals surface area contributed by atoms with Gasteiger partial charge in [-0.05, 0) is 19.9 Å². The largest absolute Gasteiger partial charge is 0.469 e. The highest BCUT2D eigenvalue weighted by Gasteiger charge is 2.36. The molecule has 3 aromatic rings. The summed E-state index contributed by atoms with van der Waals surface area (Å²) in [6.07, 6.45) is 4.37. The van der Waals surface area contributed by atoms with Crippen LogP contribution in [-0.2, 0) is 6.42 Å². The van der Waals surface area contributed by atoms with Gasteiger partial charge in [0, 0.05) is 18.2 Å². The first-order chi connectivity index (χ1) is 11.0. The lowest BCUT2D eigenvalue weighted by atomic mass is 9.92. The lowest BCUT2D eigenvalue weighted by Gasteiger charge is -2.36. The van der Waals surface area contributed by atoms with E-state index in [1.165, 1.54) is 12.5 Å². The van der Waals surface area contributed by atoms with Crippen molar-refractivity contribution in [1.29, 1.82) is 0 Å². The maximum absolute atomic E-state index is 10.1. The van der Waals surface area contributed by atoms with Gasteiger partial charge in [0.05, 0.1) is 17.9 Å². The second-order valence-electron chi connectivity index (χ2n) is 5.87. The summed E-state index contributed by atoms with van der Waals surface area (Å²) in [5.41, 5.74) is 0.777. The molecule has 8 heteroatoms. The Bertz CT molecular complexity index is 841. The molecule has 0 unspecified atom stereocenters. The Balaban J connectivity index is 1.68. The quantitative estimate of drug-likeness (QED) is 0.763. The second kappa shape index (κ2) is 4.88. The van der Waals surface area contributed by atoms with E-state index in [-0.39, 0.29) is 11.7 Å². The monoisotopic (exact) mass is 314 g/mol. The van der Waals surface area contributed by atoms with Gasteiger partial charge >= 0.3 is 0 Å². The van der Waals surface area contributed by atoms with Crippen LogP contribution in [-0.4, -0.2) is 36.9 Å². The van der Waals surface area contributed by atoms with Crippen molar-refractivity contribution in [1.82, 2.24) is 20.1 Å². The highest BCUT2D eigenvalue weighted by Crippen LogP contribution is 2.33. The Morgan fingerprint density at radius 1 is 1.26 bits per heavy atom. The fourth-order valence-electron chi connectivity index (χ4n) is 2.39. The van der Waals surface area contributed by atoms with Gasteiger partial charge in [0.25, 0.3) is 17.6 Å². The smallest absolute Gasteiger partial charge is 0.268 e. The van der Waals surface area contributed by atoms with Crippen LogP contribution in [0.4, 0.5) is 0 Å². The molecule has 1 aliphatic heterocycles. The number of pyridine rings is 1. The van der Waals surface area contributed by atoms with Crippen molar-refractivity contribution in [3.8, 4) is 29.0 Å². The van der Waals surface area contributed by atoms with Gasteiger partial charge in [-0.1, -0.05) is 5.16 Å². The van der Waals surface area contributed by atoms with Gasteiger partial charge in [-0.15, -0.1) is 0 Å². The average Bonchev–Trinajstić information content (AvgIpc) is 3.18. The van der Waals surface area contributed by atoms with Crippen molar-refractivity contribution in [2.24, 2.45) is 0 Å². The van der Waals surface area contributed by atoms with E-state index in [0.29, 0.717) is 23.8 Å². The molecule has 118 valence electrons. The molecule has 0 radical (unpaired) electrons. The van der Waals surface area contributed by atoms with Crippen molar-refractivity contribution >= 4 is 0 Å². The number of hydrogen-bond acceptors (Lipinski definition) is 8. The zero-order valence-electron chi connectivity index (χ0n) is 12.6. The number of ether oxygens (including phenoxy) is 1. The van der Waals surface area contributed by atoms with Crippen molar-refractivity contribution in [2.75, 3.05) is 0 Å². The molecule has 0 saturated carbocycles. The molecule has 23 heavy (non-hydrogen) atoms. The third-order valence-electron chi connectivity index (χ3n) is 3.80. The van der Waals surface area contributed by atoms with Gasteiger partial charge in [0.15, 0.2) is 0 Å². The van der Waals surface area contributed by atoms with E-state index in [0.717, 1.165) is 5.56 Å². The summed E-state index contributed by atoms with van der Waals surface area (Å²) in [7, 11) is 0. The SMILES string of the molecule is CC1(C)Oc2ncc(-c3nc(-c4ncco4)no3)cc2C[C@@H]1O. The number of aromatic nitrogens is 4. The first-order valence-electron chi connectivity index (χ1n) is 7.13. The van der Waals surface area contributed by atoms with E-state index in [2.05, 4.69) is 20.1 Å². The molecular formula is C15H14N4O4. The number of aliphatic hydroxyl groups excluding tert-OH is 1. The highest BCUT2D eigenvalue weighted by molar-refractivity contribution is 5.57. The minimum atomic E-state index is -0.663. The predicted molar refractivity (Wildman–Crippen MR) is 77.4 cm³/mol. The molecule has 8 nitrogen and oxygen atoms in total. The van der Waals surface area contributed by atoms with Gasteiger partial charge in [-0.2, -0.15) is 4.98 Å². The molecule has 0 saturated heterocycles. The molecule has 0 fully saturated rings. The Morgan fingerprint density at radius 2 is 2.13 bits per heavy atom. The zero-order valence-corrected chi connectivity index (χ0v) is 12.6. The van der Waals surface area contributed by atoms with Gasteiger partial charge < -0.3 is 18.8 Å². The summed E-state index contributed by atoms with van der Waals surface area (Å²) < 4.78 is 16.1. The van der Waals surface area contributed by atoms with Crippen LogP contribution in [0, 0.1) is 0 Å². The summed E-state index contributed by atoms with van der Waals surface area (Å²) in [5, 5.41) is 14.0. The van der Waals surface area contributed by atoms with Gasteiger partial charge in [0.1, 0.15) is 11.9 Å². The normalized spacial score (nSPS) is 19.2. The lowest BCUT2D eigenvalue weighted by molar-refractivity contribution is -0.0442. The van der Waals surface area contributed by atoms with Crippen LogP contribution in [0.15, 0.2) is 33.7 Å². The van der Waals surface area contributed by atoms with E-state index < -0.39 is 11.7 Å². The van der Waals surface area contributed by atoms with E-state index in [1.54, 1.807) is 6.20 Å². The van der Waals surface area contributed by atoms with E-state index in [4.69, 9.17) is 13.7 Å². The predicted octanol–water partition coefficient (Wildman–Crippen LogP) is 1.86. The summed E-state index contributed by atoms with van der Waals surface area (Å²) in [4.78, 5) is 12.5. The summed E-state index contributed by atoms with van der Waals surface area (Å²) in [6, 6.07) is 1.83. The van der Waals surface area contributed by atoms with Gasteiger partial charge in [-0.3, -0.25) is 0 Å². The summed E-state index contributed by atoms with van der Waals surface area (Å²) in [5.74, 6) is 1.36. The van der Waals surface area contributed by atoms with Gasteiger partial charge in [0.2, 0.25) is 5.88 Å². The molecule has 0 aliphatic carbocycles. The van der Waals surface area contributed by atoms with E-state index in [9.17, 15) is 5.11 Å². The number of aliphatic hydroxyl groups is 1. The van der Waals surface area contributed by atoms with Crippen molar-refractivity contribution in [2.45, 2.75) is 32.0 Å². The minimum absolute atomic E-state index is 0.264. The van der Waals surface area contributed by atoms with Crippen LogP contribution in [0.3, 0.4) is 0 Å². The molecule has 1 atom stereocenters. The molecular weight excluding hydrogens is 300 g/mol. The molecule has 3 aromatic heterocycles. The summed E-state index contributed by atoms with van der Waals surface area (Å²) in [6.45, 7) is 3.66. The Morgan fingerprint density at radius 3 is 2.91 bits per heavy atom. The number of rotatable bonds is 2. The lowest BCUT2D eigenvalue weighted by Crippen LogP contribution is -2.46. The molecule has 4 rings (SSSR count). The second-order valence-corrected chi connectivity index (χ2v) is 5.87. The van der Waals surface area contributed by atoms with Crippen molar-refractivity contribution in [3.05, 3.63) is 30.3 Å². The van der Waals surface area contributed by atoms with Crippen LogP contribution in [0.25, 0.3) is 23.2 Å². The van der Waals surface area contributed by atoms with Crippen molar-refractivity contribution in [3.63, 3.8) is 0 Å². The van der Waals surface area contributed by atoms with Crippen LogP contribution in [0.5, 0.6) is 5.88 Å². The minimum Gasteiger partial charge on any atom is -0.469 e. The average molecular weight is 314 g/mol. The Kier molecular flexibility index (Phi) is 2.95. The molecule has 4 heterocycles. The number of nitrogens with zero attached hydrogens (tertiary/aromatic N) is 4. The topological polar surface area (TPSA) is 107 Å². The van der Waals surface area contributed by atoms with Crippen molar-refractivity contribution < 1.29 is 18.8 Å². The zero-order chi connectivity index (χ0) is 16.0. The Hall–Kier alpha value is -2.74. The number of hydrogen-bond donors (Lipinski definition) is 1. The fourth-order valence-corrected chi connectivity index (χ4v) is 2.39. The maximum atomic E-state index is 10.1. The Labute approximate surface area is 131 Å². The van der Waals surface area contributed by atoms with Crippen LogP contribution in [0.1, 0.15) is 19.4 Å². The van der Waals surface area contributed by atoms with Crippen LogP contribution < -0.4 is 4.74 Å². The van der Waals surface area contributed by atoms with Gasteiger partial charge in [-0.25, -0.2) is 9.97 Å². The van der Waals surface area contributed by atoms with Crippen LogP contribution >= 0.6 is 0 Å². The molecule has 1 N–H and O–H groups in total. The molecule has 0 spiro atoms. The number of fused-ring (bicyclic) bond motifs is 1. The third-order valence-corrected chi connectivity index (χ3v) is 3.80.